The highest BCUT2D eigenvalue weighted by Crippen LogP contribution is 2.20. The maximum atomic E-state index is 11.4. The van der Waals surface area contributed by atoms with Gasteiger partial charge in [0.05, 0.1) is 6.61 Å². The van der Waals surface area contributed by atoms with Crippen LogP contribution in [-0.4, -0.2) is 29.2 Å². The van der Waals surface area contributed by atoms with Crippen molar-refractivity contribution in [2.75, 3.05) is 6.61 Å². The van der Waals surface area contributed by atoms with E-state index in [1.165, 1.54) is 5.19 Å². The molecule has 5 heteroatoms. The number of carbonyl (C=O) groups is 1. The van der Waals surface area contributed by atoms with Gasteiger partial charge in [-0.15, -0.1) is 0 Å². The second-order valence-corrected chi connectivity index (χ2v) is 15.4. The molecule has 0 spiro atoms. The van der Waals surface area contributed by atoms with E-state index >= 15 is 0 Å². The van der Waals surface area contributed by atoms with Crippen molar-refractivity contribution in [1.29, 1.82) is 0 Å². The lowest BCUT2D eigenvalue weighted by atomic mass is 10.4. The first kappa shape index (κ1) is 18.9. The predicted molar refractivity (Wildman–Crippen MR) is 97.3 cm³/mol. The Morgan fingerprint density at radius 1 is 1.14 bits per heavy atom. The SMILES string of the molecule is C=C(C)C(=O)OCCC[Si](C)(O[Si](C)(C)C)c1ccccc1. The Morgan fingerprint density at radius 2 is 1.73 bits per heavy atom. The van der Waals surface area contributed by atoms with Crippen LogP contribution in [0.4, 0.5) is 0 Å². The molecule has 22 heavy (non-hydrogen) atoms. The van der Waals surface area contributed by atoms with Crippen LogP contribution >= 0.6 is 0 Å². The van der Waals surface area contributed by atoms with Gasteiger partial charge in [0.15, 0.2) is 8.32 Å². The standard InChI is InChI=1S/C17H28O3Si2/c1-15(2)17(18)19-13-10-14-22(6,20-21(3,4)5)16-11-8-7-9-12-16/h7-9,11-12H,1,10,13-14H2,2-6H3. The summed E-state index contributed by atoms with van der Waals surface area (Å²) in [6.07, 6.45) is 0.821. The smallest absolute Gasteiger partial charge is 0.333 e. The molecule has 0 aromatic heterocycles. The van der Waals surface area contributed by atoms with Gasteiger partial charge in [-0.05, 0) is 50.8 Å². The van der Waals surface area contributed by atoms with Crippen molar-refractivity contribution in [2.45, 2.75) is 45.6 Å². The average molecular weight is 337 g/mol. The number of esters is 1. The minimum Gasteiger partial charge on any atom is -0.462 e. The molecule has 1 aromatic carbocycles. The molecule has 0 N–H and O–H groups in total. The number of ether oxygens (including phenoxy) is 1. The number of hydrogen-bond donors (Lipinski definition) is 0. The van der Waals surface area contributed by atoms with Crippen molar-refractivity contribution in [3.05, 3.63) is 42.5 Å². The molecule has 0 amide bonds. The summed E-state index contributed by atoms with van der Waals surface area (Å²) in [6, 6.07) is 11.4. The Labute approximate surface area is 136 Å². The molecule has 1 atom stereocenters. The summed E-state index contributed by atoms with van der Waals surface area (Å²) in [5, 5.41) is 1.31. The van der Waals surface area contributed by atoms with Crippen LogP contribution in [0.2, 0.25) is 32.2 Å². The van der Waals surface area contributed by atoms with Crippen LogP contribution in [0.3, 0.4) is 0 Å². The van der Waals surface area contributed by atoms with E-state index in [0.29, 0.717) is 12.2 Å². The zero-order chi connectivity index (χ0) is 16.8. The molecule has 0 aliphatic heterocycles. The number of hydrogen-bond acceptors (Lipinski definition) is 3. The van der Waals surface area contributed by atoms with Crippen molar-refractivity contribution >= 4 is 27.8 Å². The summed E-state index contributed by atoms with van der Waals surface area (Å²) < 4.78 is 11.8. The molecule has 3 nitrogen and oxygen atoms in total. The number of rotatable bonds is 8. The Balaban J connectivity index is 2.72. The van der Waals surface area contributed by atoms with E-state index < -0.39 is 16.6 Å². The topological polar surface area (TPSA) is 35.5 Å². The van der Waals surface area contributed by atoms with E-state index in [9.17, 15) is 4.79 Å². The molecule has 0 fully saturated rings. The Kier molecular flexibility index (Phi) is 6.77. The lowest BCUT2D eigenvalue weighted by Gasteiger charge is -2.35. The molecule has 0 saturated heterocycles. The quantitative estimate of drug-likeness (QED) is 0.313. The van der Waals surface area contributed by atoms with Gasteiger partial charge in [-0.1, -0.05) is 36.9 Å². The van der Waals surface area contributed by atoms with E-state index in [-0.39, 0.29) is 5.97 Å². The first-order valence-electron chi connectivity index (χ1n) is 7.72. The van der Waals surface area contributed by atoms with Crippen molar-refractivity contribution in [3.63, 3.8) is 0 Å². The van der Waals surface area contributed by atoms with Crippen LogP contribution in [0.25, 0.3) is 0 Å². The highest BCUT2D eigenvalue weighted by atomic mass is 28.4. The van der Waals surface area contributed by atoms with E-state index in [1.807, 2.05) is 6.07 Å². The van der Waals surface area contributed by atoms with E-state index in [0.717, 1.165) is 12.5 Å². The second-order valence-electron chi connectivity index (χ2n) is 6.83. The monoisotopic (exact) mass is 336 g/mol. The van der Waals surface area contributed by atoms with Gasteiger partial charge in [0.2, 0.25) is 8.32 Å². The third-order valence-electron chi connectivity index (χ3n) is 3.30. The second kappa shape index (κ2) is 7.90. The fourth-order valence-corrected chi connectivity index (χ4v) is 10.7. The molecule has 1 aromatic rings. The van der Waals surface area contributed by atoms with Crippen molar-refractivity contribution < 1.29 is 13.6 Å². The van der Waals surface area contributed by atoms with Gasteiger partial charge in [0, 0.05) is 5.57 Å². The predicted octanol–water partition coefficient (Wildman–Crippen LogP) is 3.83. The van der Waals surface area contributed by atoms with E-state index in [1.54, 1.807) is 6.92 Å². The number of benzene rings is 1. The minimum atomic E-state index is -2.01. The lowest BCUT2D eigenvalue weighted by Crippen LogP contribution is -2.53. The van der Waals surface area contributed by atoms with Crippen molar-refractivity contribution in [1.82, 2.24) is 0 Å². The third-order valence-corrected chi connectivity index (χ3v) is 10.4. The fourth-order valence-electron chi connectivity index (χ4n) is 2.42. The largest absolute Gasteiger partial charge is 0.462 e. The van der Waals surface area contributed by atoms with Crippen LogP contribution < -0.4 is 5.19 Å². The summed E-state index contributed by atoms with van der Waals surface area (Å²) >= 11 is 0. The Bertz CT molecular complexity index is 508. The van der Waals surface area contributed by atoms with Crippen LogP contribution in [-0.2, 0) is 13.6 Å². The van der Waals surface area contributed by atoms with Crippen LogP contribution in [0.15, 0.2) is 42.5 Å². The first-order valence-corrected chi connectivity index (χ1v) is 13.7. The molecule has 0 aliphatic carbocycles. The maximum absolute atomic E-state index is 11.4. The molecule has 1 rings (SSSR count). The fraction of sp³-hybridized carbons (Fsp3) is 0.471. The van der Waals surface area contributed by atoms with Gasteiger partial charge in [-0.2, -0.15) is 0 Å². The zero-order valence-corrected chi connectivity index (χ0v) is 16.4. The Morgan fingerprint density at radius 3 is 2.23 bits per heavy atom. The highest BCUT2D eigenvalue weighted by Gasteiger charge is 2.35. The third kappa shape index (κ3) is 6.29. The van der Waals surface area contributed by atoms with Gasteiger partial charge < -0.3 is 8.85 Å². The van der Waals surface area contributed by atoms with E-state index in [2.05, 4.69) is 57.0 Å². The summed E-state index contributed by atoms with van der Waals surface area (Å²) in [6.45, 7) is 14.6. The van der Waals surface area contributed by atoms with Gasteiger partial charge in [0.1, 0.15) is 0 Å². The molecule has 0 aliphatic rings. The van der Waals surface area contributed by atoms with Crippen LogP contribution in [0.1, 0.15) is 13.3 Å². The molecule has 1 unspecified atom stereocenters. The lowest BCUT2D eigenvalue weighted by molar-refractivity contribution is -0.138. The van der Waals surface area contributed by atoms with Crippen LogP contribution in [0.5, 0.6) is 0 Å². The normalized spacial score (nSPS) is 14.2. The van der Waals surface area contributed by atoms with Crippen molar-refractivity contribution in [3.8, 4) is 0 Å². The molecule has 0 radical (unpaired) electrons. The van der Waals surface area contributed by atoms with Gasteiger partial charge in [-0.3, -0.25) is 0 Å². The maximum Gasteiger partial charge on any atom is 0.333 e. The molecular formula is C17H28O3Si2. The van der Waals surface area contributed by atoms with Gasteiger partial charge in [-0.25, -0.2) is 4.79 Å². The minimum absolute atomic E-state index is 0.311. The summed E-state index contributed by atoms with van der Waals surface area (Å²) in [4.78, 5) is 11.4. The molecule has 0 bridgehead atoms. The van der Waals surface area contributed by atoms with E-state index in [4.69, 9.17) is 8.85 Å². The summed E-state index contributed by atoms with van der Waals surface area (Å²) in [5.74, 6) is -0.311. The number of carbonyl (C=O) groups excluding carboxylic acids is 1. The molecule has 122 valence electrons. The molecule has 0 heterocycles. The summed E-state index contributed by atoms with van der Waals surface area (Å²) in [5.41, 5.74) is 0.446. The first-order chi connectivity index (χ1) is 10.1. The summed E-state index contributed by atoms with van der Waals surface area (Å²) in [7, 11) is -3.65. The van der Waals surface area contributed by atoms with Gasteiger partial charge in [0.25, 0.3) is 0 Å². The molecular weight excluding hydrogens is 308 g/mol. The Hall–Kier alpha value is -1.18. The van der Waals surface area contributed by atoms with Crippen molar-refractivity contribution in [2.24, 2.45) is 0 Å². The van der Waals surface area contributed by atoms with Gasteiger partial charge >= 0.3 is 5.97 Å². The average Bonchev–Trinajstić information content (AvgIpc) is 2.42. The van der Waals surface area contributed by atoms with Crippen LogP contribution in [0, 0.1) is 0 Å². The molecule has 0 saturated carbocycles. The highest BCUT2D eigenvalue weighted by molar-refractivity contribution is 6.92. The zero-order valence-electron chi connectivity index (χ0n) is 14.4.